The summed E-state index contributed by atoms with van der Waals surface area (Å²) in [4.78, 5) is 20.6. The van der Waals surface area contributed by atoms with Crippen LogP contribution in [-0.4, -0.2) is 20.4 Å². The van der Waals surface area contributed by atoms with Crippen LogP contribution in [0.4, 0.5) is 0 Å². The number of hydrogen-bond acceptors (Lipinski definition) is 3. The molecule has 0 radical (unpaired) electrons. The van der Waals surface area contributed by atoms with Gasteiger partial charge in [-0.05, 0) is 23.8 Å². The third kappa shape index (κ3) is 2.25. The van der Waals surface area contributed by atoms with Crippen LogP contribution in [0.25, 0.3) is 11.0 Å². The van der Waals surface area contributed by atoms with Crippen molar-refractivity contribution in [2.75, 3.05) is 0 Å². The van der Waals surface area contributed by atoms with Gasteiger partial charge in [-0.25, -0.2) is 4.98 Å². The van der Waals surface area contributed by atoms with E-state index in [1.165, 1.54) is 0 Å². The van der Waals surface area contributed by atoms with Gasteiger partial charge >= 0.3 is 0 Å². The van der Waals surface area contributed by atoms with Gasteiger partial charge in [0.2, 0.25) is 0 Å². The van der Waals surface area contributed by atoms with E-state index < -0.39 is 0 Å². The Hall–Kier alpha value is -2.69. The van der Waals surface area contributed by atoms with E-state index in [-0.39, 0.29) is 5.91 Å². The van der Waals surface area contributed by atoms with Crippen molar-refractivity contribution in [1.82, 2.24) is 19.9 Å². The molecule has 100 valence electrons. The number of amides is 1. The van der Waals surface area contributed by atoms with E-state index in [2.05, 4.69) is 15.3 Å². The molecule has 0 saturated heterocycles. The number of aromatic nitrogens is 3. The molecule has 0 fully saturated rings. The molecule has 3 aromatic heterocycles. The number of hydrogen-bond donors (Lipinski definition) is 1. The quantitative estimate of drug-likeness (QED) is 0.787. The third-order valence-corrected chi connectivity index (χ3v) is 3.15. The van der Waals surface area contributed by atoms with Crippen molar-refractivity contribution in [2.24, 2.45) is 7.05 Å². The van der Waals surface area contributed by atoms with Crippen LogP contribution in [0.5, 0.6) is 0 Å². The molecule has 5 heteroatoms. The second kappa shape index (κ2) is 5.13. The van der Waals surface area contributed by atoms with Crippen molar-refractivity contribution in [3.63, 3.8) is 0 Å². The standard InChI is InChI=1S/C15H14N4O/c1-19-10-13(12-5-3-7-17-14(12)19)15(20)18-9-11-4-2-6-16-8-11/h2-8,10H,9H2,1H3,(H,18,20). The van der Waals surface area contributed by atoms with Gasteiger partial charge in [0, 0.05) is 43.8 Å². The summed E-state index contributed by atoms with van der Waals surface area (Å²) in [5, 5.41) is 3.76. The summed E-state index contributed by atoms with van der Waals surface area (Å²) in [6.07, 6.45) is 6.97. The Morgan fingerprint density at radius 1 is 1.30 bits per heavy atom. The SMILES string of the molecule is Cn1cc(C(=O)NCc2cccnc2)c2cccnc21. The maximum atomic E-state index is 12.3. The van der Waals surface area contributed by atoms with Crippen LogP contribution in [0, 0.1) is 0 Å². The lowest BCUT2D eigenvalue weighted by molar-refractivity contribution is 0.0952. The first kappa shape index (κ1) is 12.3. The van der Waals surface area contributed by atoms with Gasteiger partial charge in [-0.15, -0.1) is 0 Å². The molecule has 0 spiro atoms. The fraction of sp³-hybridized carbons (Fsp3) is 0.133. The Bertz CT molecular complexity index is 749. The molecule has 0 saturated carbocycles. The summed E-state index contributed by atoms with van der Waals surface area (Å²) < 4.78 is 1.86. The summed E-state index contributed by atoms with van der Waals surface area (Å²) in [6, 6.07) is 7.52. The molecule has 0 aliphatic heterocycles. The van der Waals surface area contributed by atoms with Crippen LogP contribution in [0.3, 0.4) is 0 Å². The maximum Gasteiger partial charge on any atom is 0.253 e. The fourth-order valence-corrected chi connectivity index (χ4v) is 2.17. The van der Waals surface area contributed by atoms with Crippen molar-refractivity contribution in [3.8, 4) is 0 Å². The van der Waals surface area contributed by atoms with Crippen molar-refractivity contribution >= 4 is 16.9 Å². The van der Waals surface area contributed by atoms with Crippen LogP contribution in [0.1, 0.15) is 15.9 Å². The lowest BCUT2D eigenvalue weighted by atomic mass is 10.2. The number of aryl methyl sites for hydroxylation is 1. The highest BCUT2D eigenvalue weighted by molar-refractivity contribution is 6.06. The summed E-state index contributed by atoms with van der Waals surface area (Å²) in [5.74, 6) is -0.104. The van der Waals surface area contributed by atoms with Gasteiger partial charge in [0.25, 0.3) is 5.91 Å². The Morgan fingerprint density at radius 2 is 2.15 bits per heavy atom. The van der Waals surface area contributed by atoms with Crippen LogP contribution < -0.4 is 5.32 Å². The van der Waals surface area contributed by atoms with Gasteiger partial charge in [0.05, 0.1) is 5.56 Å². The molecule has 1 amide bonds. The molecule has 1 N–H and O–H groups in total. The van der Waals surface area contributed by atoms with E-state index >= 15 is 0 Å². The second-order valence-electron chi connectivity index (χ2n) is 4.57. The molecule has 0 bridgehead atoms. The molecule has 20 heavy (non-hydrogen) atoms. The average Bonchev–Trinajstić information content (AvgIpc) is 2.84. The normalized spacial score (nSPS) is 10.7. The van der Waals surface area contributed by atoms with Crippen molar-refractivity contribution in [3.05, 3.63) is 60.2 Å². The largest absolute Gasteiger partial charge is 0.348 e. The Kier molecular flexibility index (Phi) is 3.16. The van der Waals surface area contributed by atoms with Gasteiger partial charge in [-0.2, -0.15) is 0 Å². The first-order valence-electron chi connectivity index (χ1n) is 6.33. The highest BCUT2D eigenvalue weighted by Gasteiger charge is 2.13. The zero-order valence-electron chi connectivity index (χ0n) is 11.1. The summed E-state index contributed by atoms with van der Waals surface area (Å²) in [6.45, 7) is 0.462. The molecule has 0 atom stereocenters. The van der Waals surface area contributed by atoms with Crippen LogP contribution in [0.15, 0.2) is 49.1 Å². The van der Waals surface area contributed by atoms with E-state index in [1.807, 2.05) is 35.9 Å². The first-order valence-corrected chi connectivity index (χ1v) is 6.33. The topological polar surface area (TPSA) is 59.8 Å². The lowest BCUT2D eigenvalue weighted by Gasteiger charge is -2.03. The van der Waals surface area contributed by atoms with E-state index in [4.69, 9.17) is 0 Å². The molecule has 0 aromatic carbocycles. The second-order valence-corrected chi connectivity index (χ2v) is 4.57. The number of fused-ring (bicyclic) bond motifs is 1. The lowest BCUT2D eigenvalue weighted by Crippen LogP contribution is -2.22. The number of nitrogens with one attached hydrogen (secondary N) is 1. The van der Waals surface area contributed by atoms with Gasteiger partial charge < -0.3 is 9.88 Å². The van der Waals surface area contributed by atoms with Crippen LogP contribution in [0.2, 0.25) is 0 Å². The summed E-state index contributed by atoms with van der Waals surface area (Å²) in [5.41, 5.74) is 2.41. The van der Waals surface area contributed by atoms with Crippen molar-refractivity contribution < 1.29 is 4.79 Å². The van der Waals surface area contributed by atoms with Crippen LogP contribution in [-0.2, 0) is 13.6 Å². The van der Waals surface area contributed by atoms with Gasteiger partial charge in [0.15, 0.2) is 0 Å². The summed E-state index contributed by atoms with van der Waals surface area (Å²) >= 11 is 0. The van der Waals surface area contributed by atoms with E-state index in [0.29, 0.717) is 12.1 Å². The molecular weight excluding hydrogens is 252 g/mol. The number of carbonyl (C=O) groups excluding carboxylic acids is 1. The zero-order valence-corrected chi connectivity index (χ0v) is 11.1. The number of pyridine rings is 2. The molecule has 0 aliphatic carbocycles. The smallest absolute Gasteiger partial charge is 0.253 e. The monoisotopic (exact) mass is 266 g/mol. The molecule has 0 unspecified atom stereocenters. The molecule has 3 rings (SSSR count). The molecule has 5 nitrogen and oxygen atoms in total. The van der Waals surface area contributed by atoms with Gasteiger partial charge in [-0.1, -0.05) is 6.07 Å². The Labute approximate surface area is 116 Å². The fourth-order valence-electron chi connectivity index (χ4n) is 2.17. The number of rotatable bonds is 3. The van der Waals surface area contributed by atoms with Gasteiger partial charge in [0.1, 0.15) is 5.65 Å². The minimum absolute atomic E-state index is 0.104. The molecular formula is C15H14N4O. The predicted molar refractivity (Wildman–Crippen MR) is 76.1 cm³/mol. The van der Waals surface area contributed by atoms with Crippen molar-refractivity contribution in [2.45, 2.75) is 6.54 Å². The Morgan fingerprint density at radius 3 is 2.95 bits per heavy atom. The van der Waals surface area contributed by atoms with E-state index in [0.717, 1.165) is 16.6 Å². The Balaban J connectivity index is 1.83. The molecule has 3 aromatic rings. The first-order chi connectivity index (χ1) is 9.75. The van der Waals surface area contributed by atoms with Crippen molar-refractivity contribution in [1.29, 1.82) is 0 Å². The van der Waals surface area contributed by atoms with E-state index in [1.54, 1.807) is 24.8 Å². The minimum atomic E-state index is -0.104. The highest BCUT2D eigenvalue weighted by Crippen LogP contribution is 2.18. The molecule has 0 aliphatic rings. The third-order valence-electron chi connectivity index (χ3n) is 3.15. The van der Waals surface area contributed by atoms with Crippen LogP contribution >= 0.6 is 0 Å². The highest BCUT2D eigenvalue weighted by atomic mass is 16.1. The van der Waals surface area contributed by atoms with E-state index in [9.17, 15) is 4.79 Å². The van der Waals surface area contributed by atoms with Gasteiger partial charge in [-0.3, -0.25) is 9.78 Å². The number of carbonyl (C=O) groups is 1. The minimum Gasteiger partial charge on any atom is -0.348 e. The average molecular weight is 266 g/mol. The predicted octanol–water partition coefficient (Wildman–Crippen LogP) is 1.90. The summed E-state index contributed by atoms with van der Waals surface area (Å²) in [7, 11) is 1.88. The maximum absolute atomic E-state index is 12.3. The zero-order chi connectivity index (χ0) is 13.9. The molecule has 3 heterocycles. The number of nitrogens with zero attached hydrogens (tertiary/aromatic N) is 3.